The number of benzene rings is 2. The van der Waals surface area contributed by atoms with Crippen LogP contribution in [-0.2, 0) is 11.3 Å². The summed E-state index contributed by atoms with van der Waals surface area (Å²) in [5, 5.41) is 0. The fourth-order valence-electron chi connectivity index (χ4n) is 4.31. The number of ether oxygens (including phenoxy) is 2. The molecule has 2 aliphatic rings. The topological polar surface area (TPSA) is 56.6 Å². The number of hydrogen-bond acceptors (Lipinski definition) is 4. The first-order valence-corrected chi connectivity index (χ1v) is 10.5. The van der Waals surface area contributed by atoms with Crippen LogP contribution in [0.3, 0.4) is 0 Å². The maximum absolute atomic E-state index is 12.6. The summed E-state index contributed by atoms with van der Waals surface area (Å²) in [7, 11) is 0. The van der Waals surface area contributed by atoms with Crippen LogP contribution >= 0.6 is 0 Å². The van der Waals surface area contributed by atoms with Crippen molar-refractivity contribution in [2.45, 2.75) is 26.3 Å². The summed E-state index contributed by atoms with van der Waals surface area (Å²) < 4.78 is 13.0. The van der Waals surface area contributed by atoms with Crippen LogP contribution < -0.4 is 9.47 Å². The van der Waals surface area contributed by atoms with E-state index in [9.17, 15) is 4.79 Å². The van der Waals surface area contributed by atoms with Gasteiger partial charge < -0.3 is 18.9 Å². The Labute approximate surface area is 175 Å². The molecule has 2 aliphatic heterocycles. The van der Waals surface area contributed by atoms with E-state index in [2.05, 4.69) is 34.7 Å². The third-order valence-electron chi connectivity index (χ3n) is 6.03. The van der Waals surface area contributed by atoms with Gasteiger partial charge >= 0.3 is 0 Å². The van der Waals surface area contributed by atoms with Crippen molar-refractivity contribution in [2.75, 3.05) is 19.9 Å². The first-order chi connectivity index (χ1) is 14.7. The molecule has 6 heteroatoms. The van der Waals surface area contributed by atoms with E-state index in [-0.39, 0.29) is 12.7 Å². The van der Waals surface area contributed by atoms with Gasteiger partial charge in [-0.2, -0.15) is 0 Å². The van der Waals surface area contributed by atoms with Gasteiger partial charge in [0, 0.05) is 25.7 Å². The second-order valence-electron chi connectivity index (χ2n) is 7.97. The summed E-state index contributed by atoms with van der Waals surface area (Å²) in [6.07, 6.45) is 5.52. The summed E-state index contributed by atoms with van der Waals surface area (Å²) in [6.45, 7) is 4.87. The standard InChI is InChI=1S/C24H25N3O3/c1-17-25-20-4-2-3-5-21(20)27(17)15-19-10-12-26(13-11-19)24(28)9-7-18-6-8-22-23(14-18)30-16-29-22/h2-9,14,19H,10-13,15-16H2,1H3/b9-7+. The van der Waals surface area contributed by atoms with Crippen molar-refractivity contribution in [2.24, 2.45) is 5.92 Å². The summed E-state index contributed by atoms with van der Waals surface area (Å²) in [5.74, 6) is 3.16. The van der Waals surface area contributed by atoms with Crippen LogP contribution in [0.2, 0.25) is 0 Å². The van der Waals surface area contributed by atoms with Gasteiger partial charge in [0.25, 0.3) is 0 Å². The van der Waals surface area contributed by atoms with Crippen molar-refractivity contribution in [3.63, 3.8) is 0 Å². The molecule has 154 valence electrons. The molecule has 0 N–H and O–H groups in total. The summed E-state index contributed by atoms with van der Waals surface area (Å²) in [4.78, 5) is 19.2. The van der Waals surface area contributed by atoms with Crippen LogP contribution in [0.25, 0.3) is 17.1 Å². The molecule has 5 rings (SSSR count). The van der Waals surface area contributed by atoms with E-state index in [4.69, 9.17) is 9.47 Å². The molecule has 3 heterocycles. The Bertz CT molecular complexity index is 1110. The largest absolute Gasteiger partial charge is 0.454 e. The quantitative estimate of drug-likeness (QED) is 0.618. The lowest BCUT2D eigenvalue weighted by Gasteiger charge is -2.31. The zero-order valence-corrected chi connectivity index (χ0v) is 17.1. The minimum absolute atomic E-state index is 0.0652. The van der Waals surface area contributed by atoms with Gasteiger partial charge in [-0.1, -0.05) is 18.2 Å². The van der Waals surface area contributed by atoms with Crippen molar-refractivity contribution in [3.8, 4) is 11.5 Å². The molecule has 0 bridgehead atoms. The molecular formula is C24H25N3O3. The molecule has 0 aliphatic carbocycles. The monoisotopic (exact) mass is 403 g/mol. The molecule has 1 amide bonds. The number of hydrogen-bond donors (Lipinski definition) is 0. The molecular weight excluding hydrogens is 378 g/mol. The number of para-hydroxylation sites is 2. The highest BCUT2D eigenvalue weighted by molar-refractivity contribution is 5.92. The second kappa shape index (κ2) is 7.86. The number of nitrogens with zero attached hydrogens (tertiary/aromatic N) is 3. The van der Waals surface area contributed by atoms with Gasteiger partial charge in [-0.25, -0.2) is 4.98 Å². The maximum atomic E-state index is 12.6. The second-order valence-corrected chi connectivity index (χ2v) is 7.97. The van der Waals surface area contributed by atoms with Crippen molar-refractivity contribution in [1.29, 1.82) is 0 Å². The Morgan fingerprint density at radius 3 is 2.80 bits per heavy atom. The highest BCUT2D eigenvalue weighted by Gasteiger charge is 2.23. The molecule has 0 radical (unpaired) electrons. The van der Waals surface area contributed by atoms with Gasteiger partial charge in [0.05, 0.1) is 11.0 Å². The fourth-order valence-corrected chi connectivity index (χ4v) is 4.31. The predicted molar refractivity (Wildman–Crippen MR) is 115 cm³/mol. The minimum Gasteiger partial charge on any atom is -0.454 e. The van der Waals surface area contributed by atoms with Crippen molar-refractivity contribution < 1.29 is 14.3 Å². The van der Waals surface area contributed by atoms with Gasteiger partial charge in [0.2, 0.25) is 12.7 Å². The average molecular weight is 403 g/mol. The summed E-state index contributed by atoms with van der Waals surface area (Å²) in [6, 6.07) is 14.0. The molecule has 30 heavy (non-hydrogen) atoms. The first-order valence-electron chi connectivity index (χ1n) is 10.5. The number of aryl methyl sites for hydroxylation is 1. The lowest BCUT2D eigenvalue weighted by atomic mass is 9.96. The predicted octanol–water partition coefficient (Wildman–Crippen LogP) is 4.03. The van der Waals surface area contributed by atoms with E-state index in [1.165, 1.54) is 5.52 Å². The molecule has 1 saturated heterocycles. The van der Waals surface area contributed by atoms with E-state index in [0.717, 1.165) is 60.9 Å². The molecule has 3 aromatic rings. The zero-order valence-electron chi connectivity index (χ0n) is 17.1. The Morgan fingerprint density at radius 2 is 1.93 bits per heavy atom. The van der Waals surface area contributed by atoms with E-state index >= 15 is 0 Å². The van der Waals surface area contributed by atoms with Crippen LogP contribution in [0, 0.1) is 12.8 Å². The average Bonchev–Trinajstić information content (AvgIpc) is 3.36. The van der Waals surface area contributed by atoms with Crippen molar-refractivity contribution in [1.82, 2.24) is 14.5 Å². The van der Waals surface area contributed by atoms with Crippen LogP contribution in [0.5, 0.6) is 11.5 Å². The van der Waals surface area contributed by atoms with Crippen LogP contribution in [-0.4, -0.2) is 40.2 Å². The molecule has 0 saturated carbocycles. The number of rotatable bonds is 4. The number of carbonyl (C=O) groups is 1. The number of likely N-dealkylation sites (tertiary alicyclic amines) is 1. The van der Waals surface area contributed by atoms with E-state index < -0.39 is 0 Å². The molecule has 1 aromatic heterocycles. The minimum atomic E-state index is 0.0652. The normalized spacial score (nSPS) is 16.6. The lowest BCUT2D eigenvalue weighted by molar-refractivity contribution is -0.127. The van der Waals surface area contributed by atoms with E-state index in [1.54, 1.807) is 6.08 Å². The summed E-state index contributed by atoms with van der Waals surface area (Å²) in [5.41, 5.74) is 3.18. The highest BCUT2D eigenvalue weighted by atomic mass is 16.7. The van der Waals surface area contributed by atoms with E-state index in [1.807, 2.05) is 35.2 Å². The zero-order chi connectivity index (χ0) is 20.5. The number of aromatic nitrogens is 2. The van der Waals surface area contributed by atoms with E-state index in [0.29, 0.717) is 5.92 Å². The number of piperidine rings is 1. The molecule has 6 nitrogen and oxygen atoms in total. The van der Waals surface area contributed by atoms with Gasteiger partial charge in [0.15, 0.2) is 11.5 Å². The van der Waals surface area contributed by atoms with Crippen LogP contribution in [0.4, 0.5) is 0 Å². The molecule has 0 spiro atoms. The maximum Gasteiger partial charge on any atom is 0.246 e. The van der Waals surface area contributed by atoms with Gasteiger partial charge in [0.1, 0.15) is 5.82 Å². The Kier molecular flexibility index (Phi) is 4.91. The number of imidazole rings is 1. The van der Waals surface area contributed by atoms with Crippen molar-refractivity contribution >= 4 is 23.0 Å². The third-order valence-corrected chi connectivity index (χ3v) is 6.03. The fraction of sp³-hybridized carbons (Fsp3) is 0.333. The smallest absolute Gasteiger partial charge is 0.246 e. The molecule has 2 aromatic carbocycles. The third kappa shape index (κ3) is 3.65. The van der Waals surface area contributed by atoms with Gasteiger partial charge in [-0.3, -0.25) is 4.79 Å². The van der Waals surface area contributed by atoms with Gasteiger partial charge in [-0.05, 0) is 61.6 Å². The SMILES string of the molecule is Cc1nc2ccccc2n1CC1CCN(C(=O)/C=C/c2ccc3c(c2)OCO3)CC1. The Hall–Kier alpha value is -3.28. The number of carbonyl (C=O) groups excluding carboxylic acids is 1. The highest BCUT2D eigenvalue weighted by Crippen LogP contribution is 2.32. The van der Waals surface area contributed by atoms with Crippen LogP contribution in [0.15, 0.2) is 48.5 Å². The first kappa shape index (κ1) is 18.7. The van der Waals surface area contributed by atoms with Crippen LogP contribution in [0.1, 0.15) is 24.2 Å². The number of amides is 1. The Balaban J connectivity index is 1.18. The molecule has 0 atom stereocenters. The summed E-state index contributed by atoms with van der Waals surface area (Å²) >= 11 is 0. The van der Waals surface area contributed by atoms with Gasteiger partial charge in [-0.15, -0.1) is 0 Å². The lowest BCUT2D eigenvalue weighted by Crippen LogP contribution is -2.38. The molecule has 0 unspecified atom stereocenters. The van der Waals surface area contributed by atoms with Crippen molar-refractivity contribution in [3.05, 3.63) is 59.9 Å². The number of fused-ring (bicyclic) bond motifs is 2. The molecule has 1 fully saturated rings. The Morgan fingerprint density at radius 1 is 1.13 bits per heavy atom.